The van der Waals surface area contributed by atoms with Gasteiger partial charge in [-0.2, -0.15) is 5.10 Å². The fourth-order valence-corrected chi connectivity index (χ4v) is 3.40. The van der Waals surface area contributed by atoms with Gasteiger partial charge in [-0.05, 0) is 53.1 Å². The summed E-state index contributed by atoms with van der Waals surface area (Å²) >= 11 is 0. The lowest BCUT2D eigenvalue weighted by Gasteiger charge is -2.28. The van der Waals surface area contributed by atoms with E-state index in [1.54, 1.807) is 6.20 Å². The second-order valence-electron chi connectivity index (χ2n) is 6.53. The van der Waals surface area contributed by atoms with Crippen LogP contribution in [0.15, 0.2) is 24.7 Å². The van der Waals surface area contributed by atoms with Crippen LogP contribution in [-0.4, -0.2) is 37.2 Å². The summed E-state index contributed by atoms with van der Waals surface area (Å²) in [7, 11) is 0. The first-order valence-corrected chi connectivity index (χ1v) is 8.20. The molecule has 0 bridgehead atoms. The smallest absolute Gasteiger partial charge is 0.111 e. The minimum atomic E-state index is 0.310. The van der Waals surface area contributed by atoms with Gasteiger partial charge in [0.2, 0.25) is 0 Å². The van der Waals surface area contributed by atoms with E-state index < -0.39 is 0 Å². The molecule has 22 heavy (non-hydrogen) atoms. The van der Waals surface area contributed by atoms with Crippen molar-refractivity contribution < 1.29 is 0 Å². The van der Waals surface area contributed by atoms with Crippen molar-refractivity contribution in [2.45, 2.75) is 58.7 Å². The molecule has 0 saturated carbocycles. The van der Waals surface area contributed by atoms with Gasteiger partial charge in [0.1, 0.15) is 5.69 Å². The SMILES string of the molecule is CC(C)N1CCC[C@@H]1c1nccnc1-c1ccnn1C(C)C. The Bertz CT molecular complexity index is 631. The van der Waals surface area contributed by atoms with Gasteiger partial charge in [0.25, 0.3) is 0 Å². The van der Waals surface area contributed by atoms with Gasteiger partial charge in [-0.15, -0.1) is 0 Å². The third-order valence-corrected chi connectivity index (χ3v) is 4.40. The van der Waals surface area contributed by atoms with Crippen molar-refractivity contribution >= 4 is 0 Å². The van der Waals surface area contributed by atoms with Gasteiger partial charge in [0, 0.05) is 30.7 Å². The molecule has 0 aromatic carbocycles. The molecule has 2 aromatic heterocycles. The molecule has 118 valence electrons. The summed E-state index contributed by atoms with van der Waals surface area (Å²) in [6.45, 7) is 9.94. The third-order valence-electron chi connectivity index (χ3n) is 4.40. The molecule has 5 heteroatoms. The van der Waals surface area contributed by atoms with Crippen LogP contribution in [0.2, 0.25) is 0 Å². The number of hydrogen-bond acceptors (Lipinski definition) is 4. The number of nitrogens with zero attached hydrogens (tertiary/aromatic N) is 5. The summed E-state index contributed by atoms with van der Waals surface area (Å²) in [5, 5.41) is 4.45. The lowest BCUT2D eigenvalue weighted by Crippen LogP contribution is -2.31. The van der Waals surface area contributed by atoms with Crippen LogP contribution in [0.4, 0.5) is 0 Å². The summed E-state index contributed by atoms with van der Waals surface area (Å²) < 4.78 is 2.03. The van der Waals surface area contributed by atoms with E-state index in [0.717, 1.165) is 30.0 Å². The topological polar surface area (TPSA) is 46.8 Å². The first-order valence-electron chi connectivity index (χ1n) is 8.20. The van der Waals surface area contributed by atoms with Crippen molar-refractivity contribution in [3.8, 4) is 11.4 Å². The van der Waals surface area contributed by atoms with E-state index in [-0.39, 0.29) is 0 Å². The van der Waals surface area contributed by atoms with Crippen molar-refractivity contribution in [2.24, 2.45) is 0 Å². The standard InChI is InChI=1S/C17H25N5/c1-12(2)21-11-5-6-14(21)16-17(19-10-9-18-16)15-7-8-20-22(15)13(3)4/h7-10,12-14H,5-6,11H2,1-4H3/t14-/m1/s1. The quantitative estimate of drug-likeness (QED) is 0.867. The maximum absolute atomic E-state index is 4.70. The van der Waals surface area contributed by atoms with Gasteiger partial charge in [-0.3, -0.25) is 19.5 Å². The molecular formula is C17H25N5. The van der Waals surface area contributed by atoms with Crippen LogP contribution in [0.25, 0.3) is 11.4 Å². The van der Waals surface area contributed by atoms with Gasteiger partial charge >= 0.3 is 0 Å². The van der Waals surface area contributed by atoms with Crippen LogP contribution in [0.5, 0.6) is 0 Å². The molecule has 1 atom stereocenters. The molecule has 2 aromatic rings. The Morgan fingerprint density at radius 3 is 2.55 bits per heavy atom. The first-order chi connectivity index (χ1) is 10.6. The Labute approximate surface area is 132 Å². The van der Waals surface area contributed by atoms with Crippen molar-refractivity contribution in [3.63, 3.8) is 0 Å². The Morgan fingerprint density at radius 1 is 1.05 bits per heavy atom. The maximum atomic E-state index is 4.70. The van der Waals surface area contributed by atoms with Gasteiger partial charge in [0.15, 0.2) is 0 Å². The molecule has 1 aliphatic heterocycles. The first kappa shape index (κ1) is 15.2. The van der Waals surface area contributed by atoms with Crippen LogP contribution in [-0.2, 0) is 0 Å². The lowest BCUT2D eigenvalue weighted by molar-refractivity contribution is 0.202. The van der Waals surface area contributed by atoms with Gasteiger partial charge in [-0.1, -0.05) is 0 Å². The molecule has 1 fully saturated rings. The second-order valence-corrected chi connectivity index (χ2v) is 6.53. The van der Waals surface area contributed by atoms with Crippen LogP contribution in [0, 0.1) is 0 Å². The molecule has 5 nitrogen and oxygen atoms in total. The number of likely N-dealkylation sites (tertiary alicyclic amines) is 1. The van der Waals surface area contributed by atoms with Crippen LogP contribution in [0.1, 0.15) is 58.3 Å². The molecule has 0 N–H and O–H groups in total. The summed E-state index contributed by atoms with van der Waals surface area (Å²) in [5.41, 5.74) is 3.14. The van der Waals surface area contributed by atoms with Crippen molar-refractivity contribution in [1.29, 1.82) is 0 Å². The van der Waals surface area contributed by atoms with Crippen LogP contribution in [0.3, 0.4) is 0 Å². The number of aromatic nitrogens is 4. The maximum Gasteiger partial charge on any atom is 0.111 e. The summed E-state index contributed by atoms with van der Waals surface area (Å²) in [6, 6.07) is 3.24. The fraction of sp³-hybridized carbons (Fsp3) is 0.588. The zero-order valence-corrected chi connectivity index (χ0v) is 13.9. The summed E-state index contributed by atoms with van der Waals surface area (Å²) in [6.07, 6.45) is 7.82. The molecule has 0 radical (unpaired) electrons. The third kappa shape index (κ3) is 2.65. The zero-order chi connectivity index (χ0) is 15.7. The predicted octanol–water partition coefficient (Wildman–Crippen LogP) is 3.47. The van der Waals surface area contributed by atoms with Crippen LogP contribution >= 0.6 is 0 Å². The zero-order valence-electron chi connectivity index (χ0n) is 13.9. The van der Waals surface area contributed by atoms with Crippen LogP contribution < -0.4 is 0 Å². The van der Waals surface area contributed by atoms with E-state index in [4.69, 9.17) is 4.98 Å². The molecule has 3 heterocycles. The average Bonchev–Trinajstić information content (AvgIpc) is 3.16. The van der Waals surface area contributed by atoms with E-state index in [1.807, 2.05) is 23.1 Å². The van der Waals surface area contributed by atoms with Gasteiger partial charge in [-0.25, -0.2) is 0 Å². The van der Waals surface area contributed by atoms with Crippen molar-refractivity contribution in [3.05, 3.63) is 30.4 Å². The van der Waals surface area contributed by atoms with Gasteiger partial charge in [0.05, 0.1) is 17.4 Å². The molecular weight excluding hydrogens is 274 g/mol. The fourth-order valence-electron chi connectivity index (χ4n) is 3.40. The van der Waals surface area contributed by atoms with Crippen molar-refractivity contribution in [2.75, 3.05) is 6.54 Å². The van der Waals surface area contributed by atoms with Gasteiger partial charge < -0.3 is 0 Å². The average molecular weight is 299 g/mol. The number of rotatable bonds is 4. The Balaban J connectivity index is 2.05. The van der Waals surface area contributed by atoms with E-state index in [1.165, 1.54) is 6.42 Å². The largest absolute Gasteiger partial charge is 0.292 e. The Kier molecular flexibility index (Phi) is 4.25. The molecule has 0 amide bonds. The molecule has 3 rings (SSSR count). The van der Waals surface area contributed by atoms with E-state index in [0.29, 0.717) is 18.1 Å². The Morgan fingerprint density at radius 2 is 1.82 bits per heavy atom. The normalized spacial score (nSPS) is 19.5. The molecule has 1 saturated heterocycles. The molecule has 0 unspecified atom stereocenters. The highest BCUT2D eigenvalue weighted by molar-refractivity contribution is 5.58. The predicted molar refractivity (Wildman–Crippen MR) is 87.5 cm³/mol. The Hall–Kier alpha value is -1.75. The minimum Gasteiger partial charge on any atom is -0.292 e. The number of hydrogen-bond donors (Lipinski definition) is 0. The van der Waals surface area contributed by atoms with E-state index in [2.05, 4.69) is 42.7 Å². The molecule has 0 spiro atoms. The van der Waals surface area contributed by atoms with E-state index in [9.17, 15) is 0 Å². The minimum absolute atomic E-state index is 0.310. The highest BCUT2D eigenvalue weighted by Gasteiger charge is 2.31. The summed E-state index contributed by atoms with van der Waals surface area (Å²) in [5.74, 6) is 0. The summed E-state index contributed by atoms with van der Waals surface area (Å²) in [4.78, 5) is 11.9. The lowest BCUT2D eigenvalue weighted by atomic mass is 10.1. The second kappa shape index (κ2) is 6.16. The molecule has 0 aliphatic carbocycles. The van der Waals surface area contributed by atoms with Crippen molar-refractivity contribution in [1.82, 2.24) is 24.6 Å². The highest BCUT2D eigenvalue weighted by Crippen LogP contribution is 2.36. The highest BCUT2D eigenvalue weighted by atomic mass is 15.3. The van der Waals surface area contributed by atoms with E-state index >= 15 is 0 Å². The molecule has 1 aliphatic rings. The monoisotopic (exact) mass is 299 g/mol.